The summed E-state index contributed by atoms with van der Waals surface area (Å²) in [5, 5.41) is 3.52. The molecule has 2 aromatic rings. The molecule has 1 N–H and O–H groups in total. The van der Waals surface area contributed by atoms with Gasteiger partial charge in [-0.05, 0) is 31.5 Å². The lowest BCUT2D eigenvalue weighted by atomic mass is 10.1. The average molecular weight is 331 g/mol. The number of aromatic nitrogens is 1. The van der Waals surface area contributed by atoms with Crippen molar-refractivity contribution in [1.82, 2.24) is 9.88 Å². The number of hydrogen-bond donors (Lipinski definition) is 1. The molecule has 1 saturated heterocycles. The summed E-state index contributed by atoms with van der Waals surface area (Å²) in [6.45, 7) is 8.37. The van der Waals surface area contributed by atoms with Crippen molar-refractivity contribution in [3.8, 4) is 0 Å². The molecule has 1 amide bonds. The zero-order valence-electron chi connectivity index (χ0n) is 13.5. The summed E-state index contributed by atoms with van der Waals surface area (Å²) in [4.78, 5) is 20.1. The number of nitrogens with zero attached hydrogens (tertiary/aromatic N) is 2. The van der Waals surface area contributed by atoms with Crippen LogP contribution in [0.2, 0.25) is 0 Å². The van der Waals surface area contributed by atoms with Gasteiger partial charge in [0.1, 0.15) is 0 Å². The highest BCUT2D eigenvalue weighted by Crippen LogP contribution is 2.21. The predicted octanol–water partition coefficient (Wildman–Crippen LogP) is 2.84. The highest BCUT2D eigenvalue weighted by molar-refractivity contribution is 7.15. The zero-order chi connectivity index (χ0) is 16.2. The number of carbonyl (C=O) groups excluding carboxylic acids is 1. The molecule has 1 aliphatic heterocycles. The smallest absolute Gasteiger partial charge is 0.257 e. The van der Waals surface area contributed by atoms with Gasteiger partial charge >= 0.3 is 0 Å². The van der Waals surface area contributed by atoms with Crippen molar-refractivity contribution < 1.29 is 9.53 Å². The minimum absolute atomic E-state index is 0.114. The van der Waals surface area contributed by atoms with Crippen LogP contribution in [-0.4, -0.2) is 42.1 Å². The van der Waals surface area contributed by atoms with Crippen LogP contribution in [0.1, 0.15) is 26.5 Å². The van der Waals surface area contributed by atoms with Gasteiger partial charge < -0.3 is 4.74 Å². The van der Waals surface area contributed by atoms with Crippen LogP contribution in [0.3, 0.4) is 0 Å². The largest absolute Gasteiger partial charge is 0.379 e. The second-order valence-corrected chi connectivity index (χ2v) is 6.90. The van der Waals surface area contributed by atoms with Crippen molar-refractivity contribution >= 4 is 22.4 Å². The van der Waals surface area contributed by atoms with E-state index in [1.165, 1.54) is 16.9 Å². The summed E-state index contributed by atoms with van der Waals surface area (Å²) in [5.41, 5.74) is 2.83. The molecule has 5 nitrogen and oxygen atoms in total. The maximum Gasteiger partial charge on any atom is 0.257 e. The van der Waals surface area contributed by atoms with Gasteiger partial charge in [-0.15, -0.1) is 11.3 Å². The zero-order valence-corrected chi connectivity index (χ0v) is 14.3. The molecule has 6 heteroatoms. The summed E-state index contributed by atoms with van der Waals surface area (Å²) in [5.74, 6) is -0.114. The Morgan fingerprint density at radius 2 is 1.96 bits per heavy atom. The van der Waals surface area contributed by atoms with Crippen LogP contribution in [0.4, 0.5) is 5.13 Å². The highest BCUT2D eigenvalue weighted by Gasteiger charge is 2.12. The van der Waals surface area contributed by atoms with E-state index in [0.29, 0.717) is 10.7 Å². The minimum Gasteiger partial charge on any atom is -0.379 e. The molecule has 0 bridgehead atoms. The number of ether oxygens (including phenoxy) is 1. The van der Waals surface area contributed by atoms with Gasteiger partial charge in [0, 0.05) is 30.1 Å². The fourth-order valence-corrected chi connectivity index (χ4v) is 3.28. The Morgan fingerprint density at radius 1 is 1.26 bits per heavy atom. The number of thiazole rings is 1. The van der Waals surface area contributed by atoms with Crippen molar-refractivity contribution in [2.24, 2.45) is 0 Å². The van der Waals surface area contributed by atoms with Gasteiger partial charge in [0.15, 0.2) is 5.13 Å². The van der Waals surface area contributed by atoms with Crippen LogP contribution in [0.25, 0.3) is 0 Å². The first kappa shape index (κ1) is 16.1. The van der Waals surface area contributed by atoms with Gasteiger partial charge in [0.25, 0.3) is 5.91 Å². The van der Waals surface area contributed by atoms with Crippen molar-refractivity contribution in [3.05, 3.63) is 46.0 Å². The molecule has 1 aliphatic rings. The number of anilines is 1. The molecule has 0 aliphatic carbocycles. The van der Waals surface area contributed by atoms with E-state index in [9.17, 15) is 4.79 Å². The third kappa shape index (κ3) is 4.16. The Hall–Kier alpha value is -1.76. The van der Waals surface area contributed by atoms with Crippen LogP contribution < -0.4 is 5.32 Å². The van der Waals surface area contributed by atoms with Crippen LogP contribution >= 0.6 is 11.3 Å². The minimum atomic E-state index is -0.114. The van der Waals surface area contributed by atoms with E-state index in [1.54, 1.807) is 0 Å². The number of hydrogen-bond acceptors (Lipinski definition) is 5. The number of amides is 1. The first-order valence-electron chi connectivity index (χ1n) is 7.76. The van der Waals surface area contributed by atoms with Gasteiger partial charge in [-0.25, -0.2) is 4.98 Å². The molecular weight excluding hydrogens is 310 g/mol. The van der Waals surface area contributed by atoms with Crippen LogP contribution in [-0.2, 0) is 11.3 Å². The van der Waals surface area contributed by atoms with E-state index < -0.39 is 0 Å². The monoisotopic (exact) mass is 331 g/mol. The lowest BCUT2D eigenvalue weighted by molar-refractivity contribution is 0.0342. The topological polar surface area (TPSA) is 54.5 Å². The summed E-state index contributed by atoms with van der Waals surface area (Å²) >= 11 is 1.50. The molecule has 1 aromatic carbocycles. The molecule has 0 atom stereocenters. The number of nitrogens with one attached hydrogen (secondary N) is 1. The Labute approximate surface area is 140 Å². The summed E-state index contributed by atoms with van der Waals surface area (Å²) in [6, 6.07) is 7.78. The number of benzene rings is 1. The quantitative estimate of drug-likeness (QED) is 0.936. The van der Waals surface area contributed by atoms with E-state index in [0.717, 1.165) is 43.4 Å². The third-order valence-electron chi connectivity index (χ3n) is 3.98. The number of morpholine rings is 1. The molecule has 0 radical (unpaired) electrons. The van der Waals surface area contributed by atoms with Gasteiger partial charge in [-0.1, -0.05) is 12.1 Å². The van der Waals surface area contributed by atoms with E-state index >= 15 is 0 Å². The number of rotatable bonds is 4. The van der Waals surface area contributed by atoms with Crippen molar-refractivity contribution in [3.63, 3.8) is 0 Å². The molecule has 1 fully saturated rings. The van der Waals surface area contributed by atoms with E-state index in [-0.39, 0.29) is 5.91 Å². The first-order valence-corrected chi connectivity index (χ1v) is 8.58. The second kappa shape index (κ2) is 7.21. The van der Waals surface area contributed by atoms with Crippen LogP contribution in [0, 0.1) is 13.8 Å². The maximum absolute atomic E-state index is 12.3. The Kier molecular flexibility index (Phi) is 5.05. The molecule has 122 valence electrons. The van der Waals surface area contributed by atoms with E-state index in [4.69, 9.17) is 4.74 Å². The third-order valence-corrected chi connectivity index (χ3v) is 4.96. The standard InChI is InChI=1S/C17H21N3O2S/c1-12-13(2)23-17(18-12)19-16(21)15-5-3-14(4-6-15)11-20-7-9-22-10-8-20/h3-6H,7-11H2,1-2H3,(H,18,19,21). The number of aryl methyl sites for hydroxylation is 2. The van der Waals surface area contributed by atoms with Crippen molar-refractivity contribution in [1.29, 1.82) is 0 Å². The summed E-state index contributed by atoms with van der Waals surface area (Å²) < 4.78 is 5.36. The van der Waals surface area contributed by atoms with Gasteiger partial charge in [0.05, 0.1) is 18.9 Å². The summed E-state index contributed by atoms with van der Waals surface area (Å²) in [6.07, 6.45) is 0. The summed E-state index contributed by atoms with van der Waals surface area (Å²) in [7, 11) is 0. The molecule has 3 rings (SSSR count). The van der Waals surface area contributed by atoms with Crippen molar-refractivity contribution in [2.45, 2.75) is 20.4 Å². The van der Waals surface area contributed by atoms with Gasteiger partial charge in [0.2, 0.25) is 0 Å². The molecule has 0 spiro atoms. The molecule has 1 aromatic heterocycles. The average Bonchev–Trinajstić information content (AvgIpc) is 2.87. The lowest BCUT2D eigenvalue weighted by Gasteiger charge is -2.26. The van der Waals surface area contributed by atoms with Crippen LogP contribution in [0.5, 0.6) is 0 Å². The first-order chi connectivity index (χ1) is 11.1. The Morgan fingerprint density at radius 3 is 2.57 bits per heavy atom. The SMILES string of the molecule is Cc1nc(NC(=O)c2ccc(CN3CCOCC3)cc2)sc1C. The normalized spacial score (nSPS) is 15.6. The molecule has 0 saturated carbocycles. The van der Waals surface area contributed by atoms with E-state index in [2.05, 4.69) is 15.2 Å². The molecule has 23 heavy (non-hydrogen) atoms. The molecule has 0 unspecified atom stereocenters. The predicted molar refractivity (Wildman–Crippen MR) is 92.1 cm³/mol. The highest BCUT2D eigenvalue weighted by atomic mass is 32.1. The van der Waals surface area contributed by atoms with E-state index in [1.807, 2.05) is 38.1 Å². The fourth-order valence-electron chi connectivity index (χ4n) is 2.47. The molecular formula is C17H21N3O2S. The lowest BCUT2D eigenvalue weighted by Crippen LogP contribution is -2.35. The molecule has 2 heterocycles. The Bertz CT molecular complexity index is 656. The van der Waals surface area contributed by atoms with Gasteiger partial charge in [-0.2, -0.15) is 0 Å². The number of carbonyl (C=O) groups is 1. The van der Waals surface area contributed by atoms with Crippen molar-refractivity contribution in [2.75, 3.05) is 31.6 Å². The van der Waals surface area contributed by atoms with Gasteiger partial charge in [-0.3, -0.25) is 15.0 Å². The fraction of sp³-hybridized carbons (Fsp3) is 0.412. The Balaban J connectivity index is 1.60. The van der Waals surface area contributed by atoms with Crippen LogP contribution in [0.15, 0.2) is 24.3 Å². The maximum atomic E-state index is 12.3. The second-order valence-electron chi connectivity index (χ2n) is 5.70.